The van der Waals surface area contributed by atoms with Crippen LogP contribution in [0.4, 0.5) is 4.79 Å². The Balaban J connectivity index is 2.68. The first-order valence-corrected chi connectivity index (χ1v) is 5.84. The number of carbonyl (C=O) groups excluding carboxylic acids is 1. The van der Waals surface area contributed by atoms with Crippen molar-refractivity contribution in [1.29, 1.82) is 0 Å². The van der Waals surface area contributed by atoms with Gasteiger partial charge in [0.25, 0.3) is 0 Å². The molecule has 0 saturated carbocycles. The topological polar surface area (TPSA) is 35.5 Å². The van der Waals surface area contributed by atoms with Crippen LogP contribution in [-0.2, 0) is 14.9 Å². The van der Waals surface area contributed by atoms with Crippen molar-refractivity contribution in [2.75, 3.05) is 13.7 Å². The molecule has 0 atom stereocenters. The molecule has 3 heteroatoms. The number of carbonyl (C=O) groups is 1. The first-order valence-electron chi connectivity index (χ1n) is 5.84. The maximum absolute atomic E-state index is 10.8. The molecule has 0 spiro atoms. The van der Waals surface area contributed by atoms with Crippen LogP contribution in [0.25, 0.3) is 5.57 Å². The third-order valence-corrected chi connectivity index (χ3v) is 2.69. The fourth-order valence-corrected chi connectivity index (χ4v) is 1.49. The number of rotatable bonds is 3. The summed E-state index contributed by atoms with van der Waals surface area (Å²) in [6.07, 6.45) is -0.692. The SMILES string of the molecule is C=C(COC(=O)OC)c1ccc(C(C)(C)C)cc1. The average molecular weight is 248 g/mol. The van der Waals surface area contributed by atoms with E-state index in [4.69, 9.17) is 4.74 Å². The van der Waals surface area contributed by atoms with Crippen LogP contribution in [0.15, 0.2) is 30.8 Å². The first-order chi connectivity index (χ1) is 8.34. The lowest BCUT2D eigenvalue weighted by Gasteiger charge is -2.19. The normalized spacial score (nSPS) is 10.9. The molecule has 18 heavy (non-hydrogen) atoms. The number of benzene rings is 1. The van der Waals surface area contributed by atoms with Crippen molar-refractivity contribution in [3.8, 4) is 0 Å². The monoisotopic (exact) mass is 248 g/mol. The Kier molecular flexibility index (Phi) is 4.54. The van der Waals surface area contributed by atoms with Crippen LogP contribution in [0, 0.1) is 0 Å². The van der Waals surface area contributed by atoms with Crippen LogP contribution in [0.3, 0.4) is 0 Å². The number of ether oxygens (including phenoxy) is 2. The van der Waals surface area contributed by atoms with Gasteiger partial charge in [0.1, 0.15) is 6.61 Å². The van der Waals surface area contributed by atoms with E-state index in [0.29, 0.717) is 0 Å². The fourth-order valence-electron chi connectivity index (χ4n) is 1.49. The second-order valence-electron chi connectivity index (χ2n) is 5.17. The molecule has 0 unspecified atom stereocenters. The van der Waals surface area contributed by atoms with Gasteiger partial charge in [-0.05, 0) is 22.1 Å². The van der Waals surface area contributed by atoms with E-state index in [1.54, 1.807) is 0 Å². The largest absolute Gasteiger partial charge is 0.508 e. The zero-order valence-corrected chi connectivity index (χ0v) is 11.4. The molecule has 98 valence electrons. The second kappa shape index (κ2) is 5.71. The van der Waals surface area contributed by atoms with Crippen molar-refractivity contribution in [1.82, 2.24) is 0 Å². The Morgan fingerprint density at radius 3 is 2.22 bits per heavy atom. The highest BCUT2D eigenvalue weighted by Gasteiger charge is 2.13. The maximum atomic E-state index is 10.8. The van der Waals surface area contributed by atoms with Crippen LogP contribution in [0.5, 0.6) is 0 Å². The van der Waals surface area contributed by atoms with Gasteiger partial charge in [0, 0.05) is 0 Å². The van der Waals surface area contributed by atoms with Gasteiger partial charge in [-0.15, -0.1) is 0 Å². The highest BCUT2D eigenvalue weighted by molar-refractivity contribution is 5.67. The van der Waals surface area contributed by atoms with Crippen molar-refractivity contribution < 1.29 is 14.3 Å². The van der Waals surface area contributed by atoms with E-state index in [0.717, 1.165) is 11.1 Å². The summed E-state index contributed by atoms with van der Waals surface area (Å²) in [6.45, 7) is 10.5. The van der Waals surface area contributed by atoms with Gasteiger partial charge in [-0.25, -0.2) is 4.79 Å². The molecule has 0 amide bonds. The molecule has 0 N–H and O–H groups in total. The van der Waals surface area contributed by atoms with Gasteiger partial charge in [0.05, 0.1) is 7.11 Å². The maximum Gasteiger partial charge on any atom is 0.508 e. The molecule has 0 radical (unpaired) electrons. The molecular weight excluding hydrogens is 228 g/mol. The summed E-state index contributed by atoms with van der Waals surface area (Å²) in [5.74, 6) is 0. The molecule has 1 rings (SSSR count). The van der Waals surface area contributed by atoms with Gasteiger partial charge in [-0.2, -0.15) is 0 Å². The van der Waals surface area contributed by atoms with Gasteiger partial charge in [-0.3, -0.25) is 0 Å². The van der Waals surface area contributed by atoms with Gasteiger partial charge in [-0.1, -0.05) is 51.6 Å². The quantitative estimate of drug-likeness (QED) is 0.764. The Hall–Kier alpha value is -1.77. The molecule has 0 bridgehead atoms. The molecule has 0 fully saturated rings. The van der Waals surface area contributed by atoms with E-state index >= 15 is 0 Å². The van der Waals surface area contributed by atoms with E-state index in [1.165, 1.54) is 12.7 Å². The average Bonchev–Trinajstić information content (AvgIpc) is 2.34. The zero-order valence-electron chi connectivity index (χ0n) is 11.4. The molecule has 0 aliphatic heterocycles. The van der Waals surface area contributed by atoms with Gasteiger partial charge in [0.2, 0.25) is 0 Å². The van der Waals surface area contributed by atoms with Crippen molar-refractivity contribution in [3.05, 3.63) is 42.0 Å². The molecule has 0 aliphatic carbocycles. The predicted octanol–water partition coefficient (Wildman–Crippen LogP) is 3.78. The van der Waals surface area contributed by atoms with Crippen LogP contribution < -0.4 is 0 Å². The van der Waals surface area contributed by atoms with Crippen LogP contribution in [-0.4, -0.2) is 19.9 Å². The van der Waals surface area contributed by atoms with Crippen molar-refractivity contribution in [2.45, 2.75) is 26.2 Å². The van der Waals surface area contributed by atoms with E-state index in [9.17, 15) is 4.79 Å². The minimum atomic E-state index is -0.692. The molecular formula is C15H20O3. The van der Waals surface area contributed by atoms with Crippen LogP contribution in [0.1, 0.15) is 31.9 Å². The third kappa shape index (κ3) is 3.91. The molecule has 1 aromatic carbocycles. The smallest absolute Gasteiger partial charge is 0.438 e. The van der Waals surface area contributed by atoms with E-state index < -0.39 is 6.16 Å². The number of hydrogen-bond donors (Lipinski definition) is 0. The van der Waals surface area contributed by atoms with Crippen molar-refractivity contribution >= 4 is 11.7 Å². The Bertz CT molecular complexity index is 424. The Morgan fingerprint density at radius 1 is 1.22 bits per heavy atom. The standard InChI is InChI=1S/C15H20O3/c1-11(10-18-14(16)17-5)12-6-8-13(9-7-12)15(2,3)4/h6-9H,1,10H2,2-5H3. The lowest BCUT2D eigenvalue weighted by Crippen LogP contribution is -2.11. The zero-order chi connectivity index (χ0) is 13.8. The highest BCUT2D eigenvalue weighted by atomic mass is 16.7. The summed E-state index contributed by atoms with van der Waals surface area (Å²) >= 11 is 0. The minimum absolute atomic E-state index is 0.127. The molecule has 0 aromatic heterocycles. The summed E-state index contributed by atoms with van der Waals surface area (Å²) in [4.78, 5) is 10.8. The summed E-state index contributed by atoms with van der Waals surface area (Å²) in [5.41, 5.74) is 3.10. The van der Waals surface area contributed by atoms with Crippen molar-refractivity contribution in [2.24, 2.45) is 0 Å². The van der Waals surface area contributed by atoms with Gasteiger partial charge in [0.15, 0.2) is 0 Å². The number of hydrogen-bond acceptors (Lipinski definition) is 3. The lowest BCUT2D eigenvalue weighted by atomic mass is 9.86. The molecule has 3 nitrogen and oxygen atoms in total. The van der Waals surface area contributed by atoms with Gasteiger partial charge >= 0.3 is 6.16 Å². The van der Waals surface area contributed by atoms with E-state index in [-0.39, 0.29) is 12.0 Å². The Labute approximate surface area is 108 Å². The van der Waals surface area contributed by atoms with E-state index in [2.05, 4.69) is 44.2 Å². The highest BCUT2D eigenvalue weighted by Crippen LogP contribution is 2.23. The number of methoxy groups -OCH3 is 1. The summed E-state index contributed by atoms with van der Waals surface area (Å²) in [6, 6.07) is 8.12. The fraction of sp³-hybridized carbons (Fsp3) is 0.400. The predicted molar refractivity (Wildman–Crippen MR) is 72.5 cm³/mol. The van der Waals surface area contributed by atoms with Crippen molar-refractivity contribution in [3.63, 3.8) is 0 Å². The minimum Gasteiger partial charge on any atom is -0.438 e. The van der Waals surface area contributed by atoms with E-state index in [1.807, 2.05) is 12.1 Å². The summed E-state index contributed by atoms with van der Waals surface area (Å²) < 4.78 is 9.24. The molecule has 0 saturated heterocycles. The lowest BCUT2D eigenvalue weighted by molar-refractivity contribution is 0.0833. The molecule has 0 heterocycles. The summed E-state index contributed by atoms with van der Waals surface area (Å²) in [7, 11) is 1.28. The van der Waals surface area contributed by atoms with Gasteiger partial charge < -0.3 is 9.47 Å². The Morgan fingerprint density at radius 2 is 1.78 bits per heavy atom. The summed E-state index contributed by atoms with van der Waals surface area (Å²) in [5, 5.41) is 0. The third-order valence-electron chi connectivity index (χ3n) is 2.69. The molecule has 0 aliphatic rings. The van der Waals surface area contributed by atoms with Crippen LogP contribution in [0.2, 0.25) is 0 Å². The van der Waals surface area contributed by atoms with Crippen LogP contribution >= 0.6 is 0 Å². The first kappa shape index (κ1) is 14.3. The molecule has 1 aromatic rings. The second-order valence-corrected chi connectivity index (χ2v) is 5.17.